The molecule has 0 bridgehead atoms. The zero-order chi connectivity index (χ0) is 30.3. The first-order valence-corrected chi connectivity index (χ1v) is 13.5. The van der Waals surface area contributed by atoms with Gasteiger partial charge in [-0.25, -0.2) is 9.50 Å². The molecule has 0 saturated carbocycles. The number of fused-ring (bicyclic) bond motifs is 1. The van der Waals surface area contributed by atoms with Gasteiger partial charge in [0.05, 0.1) is 36.4 Å². The fourth-order valence-electron chi connectivity index (χ4n) is 5.01. The fourth-order valence-corrected chi connectivity index (χ4v) is 5.01. The summed E-state index contributed by atoms with van der Waals surface area (Å²) in [6.07, 6.45) is 9.28. The second kappa shape index (κ2) is 11.1. The van der Waals surface area contributed by atoms with Crippen LogP contribution < -0.4 is 14.8 Å². The van der Waals surface area contributed by atoms with Crippen LogP contribution in [0.4, 0.5) is 14.5 Å². The van der Waals surface area contributed by atoms with Crippen molar-refractivity contribution >= 4 is 17.2 Å². The number of anilines is 1. The number of nitrogens with zero attached hydrogens (tertiary/aromatic N) is 8. The van der Waals surface area contributed by atoms with E-state index in [9.17, 15) is 18.7 Å². The smallest absolute Gasteiger partial charge is 0.387 e. The zero-order valence-corrected chi connectivity index (χ0v) is 23.6. The van der Waals surface area contributed by atoms with E-state index in [0.29, 0.717) is 42.8 Å². The molecule has 224 valence electrons. The molecule has 0 aliphatic carbocycles. The Bertz CT molecular complexity index is 1770. The van der Waals surface area contributed by atoms with E-state index in [-0.39, 0.29) is 28.3 Å². The Balaban J connectivity index is 1.25. The number of ether oxygens (including phenoxy) is 2. The Morgan fingerprint density at radius 1 is 1.16 bits per heavy atom. The van der Waals surface area contributed by atoms with Crippen LogP contribution in [0, 0.1) is 0 Å². The lowest BCUT2D eigenvalue weighted by Crippen LogP contribution is -2.65. The Kier molecular flexibility index (Phi) is 7.27. The minimum Gasteiger partial charge on any atom is -0.454 e. The quantitative estimate of drug-likeness (QED) is 0.250. The van der Waals surface area contributed by atoms with E-state index >= 15 is 0 Å². The summed E-state index contributed by atoms with van der Waals surface area (Å²) in [7, 11) is 1.63. The number of amides is 1. The van der Waals surface area contributed by atoms with Crippen molar-refractivity contribution < 1.29 is 28.2 Å². The molecule has 4 aromatic heterocycles. The Morgan fingerprint density at radius 3 is 2.74 bits per heavy atom. The number of benzene rings is 1. The number of carbonyl (C=O) groups excluding carboxylic acids is 1. The van der Waals surface area contributed by atoms with Crippen LogP contribution in [0.1, 0.15) is 24.2 Å². The lowest BCUT2D eigenvalue weighted by Gasteiger charge is -2.48. The number of alkyl halides is 2. The standard InChI is InChI=1S/C28H29F2N9O4/c1-17(2)37-14-28(41,15-37)16-38-12-19(10-32-38)42-18-5-6-23(43-27(29)30)20(9-18)24-22(13-36(3)35-24)34-26(40)21-11-33-39-8-4-7-31-25(21)39/h4-13,17,27,41H,14-16H2,1-3H3,(H,34,40). The fraction of sp³-hybridized carbons (Fsp3) is 0.321. The molecule has 0 spiro atoms. The summed E-state index contributed by atoms with van der Waals surface area (Å²) in [6, 6.07) is 6.34. The Hall–Kier alpha value is -4.89. The van der Waals surface area contributed by atoms with Crippen molar-refractivity contribution in [3.8, 4) is 28.5 Å². The maximum Gasteiger partial charge on any atom is 0.387 e. The van der Waals surface area contributed by atoms with Gasteiger partial charge in [-0.1, -0.05) is 0 Å². The molecule has 2 N–H and O–H groups in total. The van der Waals surface area contributed by atoms with Gasteiger partial charge < -0.3 is 19.9 Å². The summed E-state index contributed by atoms with van der Waals surface area (Å²) >= 11 is 0. The topological polar surface area (TPSA) is 137 Å². The Morgan fingerprint density at radius 2 is 1.98 bits per heavy atom. The van der Waals surface area contributed by atoms with Crippen LogP contribution in [0.5, 0.6) is 17.2 Å². The van der Waals surface area contributed by atoms with Gasteiger partial charge in [0.2, 0.25) is 0 Å². The third kappa shape index (κ3) is 5.89. The molecule has 0 atom stereocenters. The zero-order valence-electron chi connectivity index (χ0n) is 23.6. The molecule has 1 fully saturated rings. The monoisotopic (exact) mass is 593 g/mol. The van der Waals surface area contributed by atoms with Crippen LogP contribution in [0.2, 0.25) is 0 Å². The number of hydrogen-bond acceptors (Lipinski definition) is 9. The van der Waals surface area contributed by atoms with Gasteiger partial charge in [0.15, 0.2) is 11.4 Å². The molecule has 1 aliphatic rings. The molecular weight excluding hydrogens is 564 g/mol. The SMILES string of the molecule is CC(C)N1CC(O)(Cn2cc(Oc3ccc(OC(F)F)c(-c4nn(C)cc4NC(=O)c4cnn5cccnc45)c3)cn2)C1. The van der Waals surface area contributed by atoms with Crippen LogP contribution in [-0.4, -0.2) is 81.4 Å². The van der Waals surface area contributed by atoms with Crippen LogP contribution in [-0.2, 0) is 13.6 Å². The van der Waals surface area contributed by atoms with Crippen LogP contribution in [0.15, 0.2) is 61.4 Å². The van der Waals surface area contributed by atoms with E-state index in [1.54, 1.807) is 42.6 Å². The number of aryl methyl sites for hydroxylation is 1. The molecule has 1 amide bonds. The third-order valence-corrected chi connectivity index (χ3v) is 7.05. The average molecular weight is 594 g/mol. The second-order valence-corrected chi connectivity index (χ2v) is 10.7. The highest BCUT2D eigenvalue weighted by Gasteiger charge is 2.42. The molecule has 0 radical (unpaired) electrons. The predicted molar refractivity (Wildman–Crippen MR) is 150 cm³/mol. The maximum absolute atomic E-state index is 13.4. The largest absolute Gasteiger partial charge is 0.454 e. The average Bonchev–Trinajstić information content (AvgIpc) is 3.66. The number of hydrogen-bond donors (Lipinski definition) is 2. The summed E-state index contributed by atoms with van der Waals surface area (Å²) in [6.45, 7) is 2.45. The minimum atomic E-state index is -3.10. The first kappa shape index (κ1) is 28.2. The summed E-state index contributed by atoms with van der Waals surface area (Å²) in [5, 5.41) is 26.4. The molecule has 13 nitrogen and oxygen atoms in total. The van der Waals surface area contributed by atoms with Gasteiger partial charge in [0.25, 0.3) is 5.91 Å². The van der Waals surface area contributed by atoms with E-state index in [1.165, 1.54) is 39.8 Å². The minimum absolute atomic E-state index is 0.160. The van der Waals surface area contributed by atoms with E-state index in [2.05, 4.69) is 44.3 Å². The van der Waals surface area contributed by atoms with Crippen LogP contribution in [0.3, 0.4) is 0 Å². The van der Waals surface area contributed by atoms with Crippen molar-refractivity contribution in [2.45, 2.75) is 38.6 Å². The van der Waals surface area contributed by atoms with Gasteiger partial charge in [-0.05, 0) is 38.1 Å². The van der Waals surface area contributed by atoms with Gasteiger partial charge in [-0.15, -0.1) is 0 Å². The highest BCUT2D eigenvalue weighted by molar-refractivity contribution is 6.09. The van der Waals surface area contributed by atoms with Crippen LogP contribution in [0.25, 0.3) is 16.9 Å². The van der Waals surface area contributed by atoms with Gasteiger partial charge in [0, 0.05) is 44.8 Å². The summed E-state index contributed by atoms with van der Waals surface area (Å²) in [5.74, 6) is 0.00190. The number of β-amino-alcohol motifs (C(OH)–C–C–N with tert-alkyl or cyclic N) is 1. The summed E-state index contributed by atoms with van der Waals surface area (Å²) < 4.78 is 42.0. The van der Waals surface area contributed by atoms with E-state index in [4.69, 9.17) is 9.47 Å². The van der Waals surface area contributed by atoms with Crippen LogP contribution >= 0.6 is 0 Å². The molecular formula is C28H29F2N9O4. The van der Waals surface area contributed by atoms with Crippen molar-refractivity contribution in [3.63, 3.8) is 0 Å². The predicted octanol–water partition coefficient (Wildman–Crippen LogP) is 3.43. The molecule has 43 heavy (non-hydrogen) atoms. The summed E-state index contributed by atoms with van der Waals surface area (Å²) in [5.41, 5.74) is 0.280. The number of nitrogens with one attached hydrogen (secondary N) is 1. The van der Waals surface area contributed by atoms with Crippen molar-refractivity contribution in [1.82, 2.24) is 39.1 Å². The third-order valence-electron chi connectivity index (χ3n) is 7.05. The number of carbonyl (C=O) groups is 1. The first-order chi connectivity index (χ1) is 20.6. The molecule has 1 saturated heterocycles. The number of aromatic nitrogens is 7. The van der Waals surface area contributed by atoms with E-state index in [0.717, 1.165) is 0 Å². The molecule has 5 heterocycles. The van der Waals surface area contributed by atoms with Gasteiger partial charge in [0.1, 0.15) is 28.4 Å². The molecule has 6 rings (SSSR count). The van der Waals surface area contributed by atoms with E-state index < -0.39 is 18.1 Å². The molecule has 1 aromatic carbocycles. The number of likely N-dealkylation sites (tertiary alicyclic amines) is 1. The second-order valence-electron chi connectivity index (χ2n) is 10.7. The van der Waals surface area contributed by atoms with Crippen molar-refractivity contribution in [2.75, 3.05) is 18.4 Å². The first-order valence-electron chi connectivity index (χ1n) is 13.5. The van der Waals surface area contributed by atoms with E-state index in [1.807, 2.05) is 0 Å². The van der Waals surface area contributed by atoms with Gasteiger partial charge in [-0.2, -0.15) is 24.1 Å². The van der Waals surface area contributed by atoms with Gasteiger partial charge >= 0.3 is 6.61 Å². The number of rotatable bonds is 10. The lowest BCUT2D eigenvalue weighted by atomic mass is 9.93. The summed E-state index contributed by atoms with van der Waals surface area (Å²) in [4.78, 5) is 19.5. The van der Waals surface area contributed by atoms with Crippen molar-refractivity contribution in [2.24, 2.45) is 7.05 Å². The lowest BCUT2D eigenvalue weighted by molar-refractivity contribution is -0.121. The van der Waals surface area contributed by atoms with Crippen molar-refractivity contribution in [1.29, 1.82) is 0 Å². The molecule has 15 heteroatoms. The number of aliphatic hydroxyl groups is 1. The Labute approximate surface area is 244 Å². The molecule has 0 unspecified atom stereocenters. The van der Waals surface area contributed by atoms with Gasteiger partial charge in [-0.3, -0.25) is 19.1 Å². The normalized spacial score (nSPS) is 14.8. The molecule has 5 aromatic rings. The highest BCUT2D eigenvalue weighted by atomic mass is 19.3. The number of halogens is 2. The highest BCUT2D eigenvalue weighted by Crippen LogP contribution is 2.39. The van der Waals surface area contributed by atoms with Crippen molar-refractivity contribution in [3.05, 3.63) is 67.0 Å². The maximum atomic E-state index is 13.4. The molecule has 1 aliphatic heterocycles.